The van der Waals surface area contributed by atoms with Crippen molar-refractivity contribution in [2.24, 2.45) is 0 Å². The van der Waals surface area contributed by atoms with Crippen LogP contribution in [0.25, 0.3) is 0 Å². The molecular weight excluding hydrogens is 264 g/mol. The highest BCUT2D eigenvalue weighted by molar-refractivity contribution is 7.98. The van der Waals surface area contributed by atoms with Crippen molar-refractivity contribution in [3.8, 4) is 5.75 Å². The molecule has 0 N–H and O–H groups in total. The summed E-state index contributed by atoms with van der Waals surface area (Å²) < 4.78 is 5.21. The van der Waals surface area contributed by atoms with Crippen LogP contribution in [0.15, 0.2) is 53.4 Å². The molecule has 2 aromatic rings. The van der Waals surface area contributed by atoms with Crippen LogP contribution in [0.4, 0.5) is 0 Å². The number of rotatable bonds is 5. The Hall–Kier alpha value is -1.12. The minimum Gasteiger partial charge on any atom is -0.497 e. The van der Waals surface area contributed by atoms with Crippen molar-refractivity contribution in [1.82, 2.24) is 0 Å². The summed E-state index contributed by atoms with van der Waals surface area (Å²) in [6, 6.07) is 16.5. The number of benzene rings is 2. The average molecular weight is 279 g/mol. The molecule has 18 heavy (non-hydrogen) atoms. The van der Waals surface area contributed by atoms with Crippen LogP contribution >= 0.6 is 23.4 Å². The van der Waals surface area contributed by atoms with Gasteiger partial charge in [-0.3, -0.25) is 0 Å². The first-order valence-electron chi connectivity index (χ1n) is 5.72. The van der Waals surface area contributed by atoms with Gasteiger partial charge < -0.3 is 4.74 Å². The molecule has 1 nitrogen and oxygen atoms in total. The van der Waals surface area contributed by atoms with Crippen LogP contribution in [0.5, 0.6) is 5.75 Å². The molecule has 0 aliphatic rings. The highest BCUT2D eigenvalue weighted by atomic mass is 35.5. The maximum absolute atomic E-state index is 5.76. The molecule has 0 unspecified atom stereocenters. The highest BCUT2D eigenvalue weighted by Crippen LogP contribution is 2.25. The van der Waals surface area contributed by atoms with Crippen molar-refractivity contribution in [2.75, 3.05) is 7.11 Å². The molecular formula is C15H15ClOS. The molecule has 0 saturated carbocycles. The van der Waals surface area contributed by atoms with Crippen molar-refractivity contribution >= 4 is 23.4 Å². The summed E-state index contributed by atoms with van der Waals surface area (Å²) in [5.41, 5.74) is 2.42. The lowest BCUT2D eigenvalue weighted by atomic mass is 10.2. The molecule has 0 spiro atoms. The number of hydrogen-bond donors (Lipinski definition) is 0. The van der Waals surface area contributed by atoms with Gasteiger partial charge in [0.2, 0.25) is 0 Å². The van der Waals surface area contributed by atoms with E-state index in [2.05, 4.69) is 36.4 Å². The summed E-state index contributed by atoms with van der Waals surface area (Å²) in [7, 11) is 1.69. The quantitative estimate of drug-likeness (QED) is 0.578. The van der Waals surface area contributed by atoms with Crippen molar-refractivity contribution < 1.29 is 4.74 Å². The van der Waals surface area contributed by atoms with Crippen molar-refractivity contribution in [3.63, 3.8) is 0 Å². The molecule has 0 aliphatic carbocycles. The smallest absolute Gasteiger partial charge is 0.119 e. The van der Waals surface area contributed by atoms with Crippen LogP contribution < -0.4 is 4.74 Å². The molecule has 0 heterocycles. The van der Waals surface area contributed by atoms with Gasteiger partial charge in [0.1, 0.15) is 5.75 Å². The number of ether oxygens (including phenoxy) is 1. The van der Waals surface area contributed by atoms with E-state index in [4.69, 9.17) is 16.3 Å². The van der Waals surface area contributed by atoms with E-state index in [9.17, 15) is 0 Å². The van der Waals surface area contributed by atoms with Crippen LogP contribution in [-0.4, -0.2) is 7.11 Å². The summed E-state index contributed by atoms with van der Waals surface area (Å²) in [6.45, 7) is 0. The molecule has 0 atom stereocenters. The second kappa shape index (κ2) is 6.72. The van der Waals surface area contributed by atoms with Crippen LogP contribution in [0.1, 0.15) is 11.1 Å². The van der Waals surface area contributed by atoms with Gasteiger partial charge in [-0.05, 0) is 35.4 Å². The fourth-order valence-electron chi connectivity index (χ4n) is 1.60. The van der Waals surface area contributed by atoms with E-state index in [1.807, 2.05) is 23.9 Å². The third-order valence-electron chi connectivity index (χ3n) is 2.62. The number of hydrogen-bond acceptors (Lipinski definition) is 2. The average Bonchev–Trinajstić information content (AvgIpc) is 2.46. The third kappa shape index (κ3) is 3.69. The Morgan fingerprint density at radius 1 is 1.06 bits per heavy atom. The molecule has 0 radical (unpaired) electrons. The minimum atomic E-state index is 0.570. The Labute approximate surface area is 117 Å². The predicted molar refractivity (Wildman–Crippen MR) is 78.6 cm³/mol. The van der Waals surface area contributed by atoms with Crippen molar-refractivity contribution in [3.05, 3.63) is 59.7 Å². The number of alkyl halides is 1. The first kappa shape index (κ1) is 13.3. The molecule has 0 aromatic heterocycles. The number of thioether (sulfide) groups is 1. The summed E-state index contributed by atoms with van der Waals surface area (Å²) in [5, 5.41) is 0. The summed E-state index contributed by atoms with van der Waals surface area (Å²) in [4.78, 5) is 1.26. The summed E-state index contributed by atoms with van der Waals surface area (Å²) in [5.74, 6) is 2.42. The highest BCUT2D eigenvalue weighted by Gasteiger charge is 1.99. The van der Waals surface area contributed by atoms with Gasteiger partial charge in [-0.15, -0.1) is 23.4 Å². The fraction of sp³-hybridized carbons (Fsp3) is 0.200. The Morgan fingerprint density at radius 2 is 1.83 bits per heavy atom. The van der Waals surface area contributed by atoms with Crippen LogP contribution in [0, 0.1) is 0 Å². The molecule has 3 heteroatoms. The predicted octanol–water partition coefficient (Wildman–Crippen LogP) is 4.73. The summed E-state index contributed by atoms with van der Waals surface area (Å²) in [6.07, 6.45) is 0. The van der Waals surface area contributed by atoms with E-state index in [1.54, 1.807) is 7.11 Å². The van der Waals surface area contributed by atoms with Gasteiger partial charge in [0, 0.05) is 16.5 Å². The molecule has 0 amide bonds. The lowest BCUT2D eigenvalue weighted by Gasteiger charge is -2.05. The van der Waals surface area contributed by atoms with Gasteiger partial charge in [-0.2, -0.15) is 0 Å². The monoisotopic (exact) mass is 278 g/mol. The molecule has 0 aliphatic heterocycles. The van der Waals surface area contributed by atoms with Gasteiger partial charge in [0.25, 0.3) is 0 Å². The minimum absolute atomic E-state index is 0.570. The number of methoxy groups -OCH3 is 1. The first-order chi connectivity index (χ1) is 8.81. The topological polar surface area (TPSA) is 9.23 Å². The van der Waals surface area contributed by atoms with Crippen molar-refractivity contribution in [1.29, 1.82) is 0 Å². The maximum Gasteiger partial charge on any atom is 0.119 e. The van der Waals surface area contributed by atoms with E-state index in [0.717, 1.165) is 17.1 Å². The van der Waals surface area contributed by atoms with Gasteiger partial charge in [0.15, 0.2) is 0 Å². The largest absolute Gasteiger partial charge is 0.497 e. The fourth-order valence-corrected chi connectivity index (χ4v) is 2.62. The normalized spacial score (nSPS) is 10.3. The van der Waals surface area contributed by atoms with Crippen LogP contribution in [-0.2, 0) is 11.6 Å². The van der Waals surface area contributed by atoms with E-state index >= 15 is 0 Å². The third-order valence-corrected chi connectivity index (χ3v) is 4.01. The zero-order valence-electron chi connectivity index (χ0n) is 10.2. The van der Waals surface area contributed by atoms with Gasteiger partial charge in [0.05, 0.1) is 7.11 Å². The van der Waals surface area contributed by atoms with E-state index in [-0.39, 0.29) is 0 Å². The molecule has 0 saturated heterocycles. The zero-order valence-corrected chi connectivity index (χ0v) is 11.8. The first-order valence-corrected chi connectivity index (χ1v) is 7.24. The maximum atomic E-state index is 5.76. The Morgan fingerprint density at radius 3 is 2.50 bits per heavy atom. The van der Waals surface area contributed by atoms with Gasteiger partial charge in [-0.25, -0.2) is 0 Å². The molecule has 2 aromatic carbocycles. The summed E-state index contributed by atoms with van der Waals surface area (Å²) >= 11 is 7.58. The van der Waals surface area contributed by atoms with E-state index < -0.39 is 0 Å². The molecule has 0 bridgehead atoms. The van der Waals surface area contributed by atoms with Crippen molar-refractivity contribution in [2.45, 2.75) is 16.5 Å². The lowest BCUT2D eigenvalue weighted by molar-refractivity contribution is 0.414. The Kier molecular flexibility index (Phi) is 4.97. The molecule has 0 fully saturated rings. The van der Waals surface area contributed by atoms with Gasteiger partial charge in [-0.1, -0.05) is 24.3 Å². The lowest BCUT2D eigenvalue weighted by Crippen LogP contribution is -1.85. The second-order valence-corrected chi connectivity index (χ2v) is 5.23. The molecule has 94 valence electrons. The number of halogens is 1. The van der Waals surface area contributed by atoms with Crippen LogP contribution in [0.2, 0.25) is 0 Å². The Bertz CT molecular complexity index is 496. The standard InChI is InChI=1S/C15H15ClOS/c1-17-14-4-2-3-13(9-14)11-18-15-7-5-12(10-16)6-8-15/h2-9H,10-11H2,1H3. The van der Waals surface area contributed by atoms with E-state index in [1.165, 1.54) is 10.5 Å². The SMILES string of the molecule is COc1cccc(CSc2ccc(CCl)cc2)c1. The van der Waals surface area contributed by atoms with Gasteiger partial charge >= 0.3 is 0 Å². The Balaban J connectivity index is 1.97. The van der Waals surface area contributed by atoms with Crippen LogP contribution in [0.3, 0.4) is 0 Å². The van der Waals surface area contributed by atoms with E-state index in [0.29, 0.717) is 5.88 Å². The molecule has 2 rings (SSSR count). The second-order valence-electron chi connectivity index (χ2n) is 3.92. The zero-order chi connectivity index (χ0) is 12.8.